The maximum atomic E-state index is 14.3. The lowest BCUT2D eigenvalue weighted by Crippen LogP contribution is -2.60. The predicted octanol–water partition coefficient (Wildman–Crippen LogP) is -3.75. The highest BCUT2D eigenvalue weighted by atomic mass is 16.4. The highest BCUT2D eigenvalue weighted by Crippen LogP contribution is 2.20. The second kappa shape index (κ2) is 24.6. The van der Waals surface area contributed by atoms with Gasteiger partial charge in [-0.3, -0.25) is 43.3 Å². The van der Waals surface area contributed by atoms with Crippen molar-refractivity contribution in [2.45, 2.75) is 94.0 Å². The number of guanidine groups is 1. The molecule has 2 aromatic carbocycles. The van der Waals surface area contributed by atoms with Gasteiger partial charge in [-0.05, 0) is 49.3 Å². The Bertz CT molecular complexity index is 2140. The standard InChI is InChI=1S/C40H55N13O10/c41-24(17-21-7-2-1-3-8-21)34(57)49-27(12-14-31(42)54)37(60)52-29(18-22-20-48-25-10-5-4-9-23(22)25)38(61)51-28(13-15-32(43)55)36(59)50-26(11-6-16-47-40(45)46)35(58)53-30(39(62)63)19-33(44)56/h1-5,7-10,20,24,26-30,48H,6,11-19,41H2,(H2,42,54)(H2,43,55)(H2,44,56)(H,49,57)(H,50,59)(H,51,61)(H,52,60)(H,53,58)(H,62,63)(H4,45,46,47). The molecule has 6 atom stereocenters. The van der Waals surface area contributed by atoms with Gasteiger partial charge in [-0.2, -0.15) is 0 Å². The van der Waals surface area contributed by atoms with Crippen LogP contribution in [0.1, 0.15) is 56.1 Å². The largest absolute Gasteiger partial charge is 0.480 e. The molecular weight excluding hydrogens is 823 g/mol. The van der Waals surface area contributed by atoms with E-state index in [1.165, 1.54) is 0 Å². The number of nitrogens with one attached hydrogen (secondary N) is 6. The van der Waals surface area contributed by atoms with E-state index in [-0.39, 0.29) is 51.0 Å². The summed E-state index contributed by atoms with van der Waals surface area (Å²) in [5.41, 5.74) is 34.9. The number of carbonyl (C=O) groups is 9. The third kappa shape index (κ3) is 17.1. The minimum atomic E-state index is -1.76. The van der Waals surface area contributed by atoms with Crippen LogP contribution in [0.2, 0.25) is 0 Å². The summed E-state index contributed by atoms with van der Waals surface area (Å²) in [6, 6.07) is 7.05. The molecule has 0 bridgehead atoms. The number of para-hydroxylation sites is 1. The Morgan fingerprint density at radius 2 is 1.08 bits per heavy atom. The van der Waals surface area contributed by atoms with Gasteiger partial charge >= 0.3 is 5.97 Å². The van der Waals surface area contributed by atoms with Gasteiger partial charge in [-0.1, -0.05) is 48.5 Å². The summed E-state index contributed by atoms with van der Waals surface area (Å²) < 4.78 is 0. The Morgan fingerprint density at radius 1 is 0.587 bits per heavy atom. The minimum Gasteiger partial charge on any atom is -0.480 e. The van der Waals surface area contributed by atoms with E-state index in [9.17, 15) is 48.3 Å². The van der Waals surface area contributed by atoms with Crippen molar-refractivity contribution < 1.29 is 48.3 Å². The van der Waals surface area contributed by atoms with Crippen LogP contribution in [-0.2, 0) is 56.0 Å². The number of nitrogens with two attached hydrogens (primary N) is 6. The number of H-pyrrole nitrogens is 1. The summed E-state index contributed by atoms with van der Waals surface area (Å²) in [6.45, 7) is -0.0114. The normalized spacial score (nSPS) is 13.7. The van der Waals surface area contributed by atoms with Crippen LogP contribution in [0.5, 0.6) is 0 Å². The lowest BCUT2D eigenvalue weighted by atomic mass is 10.0. The Balaban J connectivity index is 1.95. The number of carboxylic acid groups (broad SMARTS) is 1. The molecule has 19 N–H and O–H groups in total. The molecular formula is C40H55N13O10. The lowest BCUT2D eigenvalue weighted by Gasteiger charge is -2.27. The minimum absolute atomic E-state index is 0.0114. The number of aliphatic carboxylic acids is 1. The molecule has 6 unspecified atom stereocenters. The first-order valence-electron chi connectivity index (χ1n) is 19.8. The van der Waals surface area contributed by atoms with E-state index in [1.807, 2.05) is 0 Å². The average Bonchev–Trinajstić information content (AvgIpc) is 3.63. The van der Waals surface area contributed by atoms with Gasteiger partial charge in [0.25, 0.3) is 0 Å². The van der Waals surface area contributed by atoms with Crippen LogP contribution in [0.25, 0.3) is 10.9 Å². The Kier molecular flexibility index (Phi) is 19.5. The fourth-order valence-electron chi connectivity index (χ4n) is 6.34. The zero-order chi connectivity index (χ0) is 46.6. The van der Waals surface area contributed by atoms with Crippen LogP contribution < -0.4 is 61.0 Å². The molecule has 0 fully saturated rings. The number of aromatic nitrogens is 1. The molecule has 0 saturated carbocycles. The van der Waals surface area contributed by atoms with E-state index in [0.717, 1.165) is 5.56 Å². The molecule has 340 valence electrons. The zero-order valence-corrected chi connectivity index (χ0v) is 34.3. The number of fused-ring (bicyclic) bond motifs is 1. The van der Waals surface area contributed by atoms with Crippen LogP contribution in [0, 0.1) is 0 Å². The number of carbonyl (C=O) groups excluding carboxylic acids is 8. The highest BCUT2D eigenvalue weighted by molar-refractivity contribution is 5.97. The van der Waals surface area contributed by atoms with E-state index in [0.29, 0.717) is 16.5 Å². The quantitative estimate of drug-likeness (QED) is 0.0199. The van der Waals surface area contributed by atoms with Gasteiger partial charge in [0, 0.05) is 42.9 Å². The molecule has 0 aliphatic heterocycles. The second-order valence-corrected chi connectivity index (χ2v) is 14.6. The third-order valence-electron chi connectivity index (χ3n) is 9.59. The summed E-state index contributed by atoms with van der Waals surface area (Å²) in [6.07, 6.45) is -0.802. The summed E-state index contributed by atoms with van der Waals surface area (Å²) >= 11 is 0. The molecule has 8 amide bonds. The molecule has 1 heterocycles. The van der Waals surface area contributed by atoms with E-state index in [2.05, 4.69) is 36.6 Å². The van der Waals surface area contributed by atoms with Crippen LogP contribution in [-0.4, -0.2) is 112 Å². The molecule has 1 aromatic heterocycles. The van der Waals surface area contributed by atoms with Gasteiger partial charge in [0.05, 0.1) is 12.5 Å². The van der Waals surface area contributed by atoms with Gasteiger partial charge in [0.1, 0.15) is 30.2 Å². The predicted molar refractivity (Wildman–Crippen MR) is 228 cm³/mol. The van der Waals surface area contributed by atoms with Crippen LogP contribution in [0.4, 0.5) is 0 Å². The van der Waals surface area contributed by atoms with Gasteiger partial charge in [0.15, 0.2) is 5.96 Å². The summed E-state index contributed by atoms with van der Waals surface area (Å²) in [5.74, 6) is -9.18. The monoisotopic (exact) mass is 877 g/mol. The average molecular weight is 878 g/mol. The van der Waals surface area contributed by atoms with E-state index in [4.69, 9.17) is 34.4 Å². The van der Waals surface area contributed by atoms with E-state index >= 15 is 0 Å². The van der Waals surface area contributed by atoms with Crippen molar-refractivity contribution in [2.75, 3.05) is 6.54 Å². The molecule has 23 nitrogen and oxygen atoms in total. The van der Waals surface area contributed by atoms with Crippen molar-refractivity contribution in [3.05, 3.63) is 71.9 Å². The van der Waals surface area contributed by atoms with Crippen molar-refractivity contribution in [2.24, 2.45) is 39.4 Å². The van der Waals surface area contributed by atoms with E-state index < -0.39 is 109 Å². The van der Waals surface area contributed by atoms with Gasteiger partial charge < -0.3 is 71.1 Å². The molecule has 0 saturated heterocycles. The number of amides is 8. The number of benzene rings is 2. The summed E-state index contributed by atoms with van der Waals surface area (Å²) in [7, 11) is 0. The lowest BCUT2D eigenvalue weighted by molar-refractivity contribution is -0.143. The molecule has 3 rings (SSSR count). The van der Waals surface area contributed by atoms with Crippen molar-refractivity contribution in [1.82, 2.24) is 31.6 Å². The number of primary amides is 3. The highest BCUT2D eigenvalue weighted by Gasteiger charge is 2.34. The van der Waals surface area contributed by atoms with Crippen LogP contribution in [0.3, 0.4) is 0 Å². The number of nitrogens with zero attached hydrogens (tertiary/aromatic N) is 1. The third-order valence-corrected chi connectivity index (χ3v) is 9.59. The van der Waals surface area contributed by atoms with Gasteiger partial charge in [-0.15, -0.1) is 0 Å². The molecule has 3 aromatic rings. The number of hydrogen-bond donors (Lipinski definition) is 13. The van der Waals surface area contributed by atoms with Crippen LogP contribution >= 0.6 is 0 Å². The summed E-state index contributed by atoms with van der Waals surface area (Å²) in [4.78, 5) is 123. The number of carboxylic acids is 1. The first-order chi connectivity index (χ1) is 29.8. The van der Waals surface area contributed by atoms with E-state index in [1.54, 1.807) is 60.8 Å². The van der Waals surface area contributed by atoms with Crippen LogP contribution in [0.15, 0.2) is 65.8 Å². The number of aromatic amines is 1. The first kappa shape index (κ1) is 49.8. The van der Waals surface area contributed by atoms with Crippen molar-refractivity contribution >= 4 is 70.1 Å². The fourth-order valence-corrected chi connectivity index (χ4v) is 6.34. The molecule has 0 radical (unpaired) electrons. The zero-order valence-electron chi connectivity index (χ0n) is 34.3. The molecule has 0 spiro atoms. The second-order valence-electron chi connectivity index (χ2n) is 14.6. The van der Waals surface area contributed by atoms with Gasteiger partial charge in [0.2, 0.25) is 47.3 Å². The Morgan fingerprint density at radius 3 is 1.62 bits per heavy atom. The molecule has 0 aliphatic rings. The number of rotatable bonds is 27. The maximum absolute atomic E-state index is 14.3. The van der Waals surface area contributed by atoms with Crippen molar-refractivity contribution in [3.63, 3.8) is 0 Å². The number of hydrogen-bond acceptors (Lipinski definition) is 11. The van der Waals surface area contributed by atoms with Crippen molar-refractivity contribution in [3.8, 4) is 0 Å². The number of aliphatic imine (C=N–C) groups is 1. The molecule has 0 aliphatic carbocycles. The molecule has 23 heteroatoms. The maximum Gasteiger partial charge on any atom is 0.326 e. The first-order valence-corrected chi connectivity index (χ1v) is 19.8. The molecule has 63 heavy (non-hydrogen) atoms. The summed E-state index contributed by atoms with van der Waals surface area (Å²) in [5, 5.41) is 22.5. The van der Waals surface area contributed by atoms with Gasteiger partial charge in [-0.25, -0.2) is 4.79 Å². The Hall–Kier alpha value is -7.56. The Labute approximate surface area is 361 Å². The SMILES string of the molecule is NC(=O)CCC(NC(=O)C(N)Cc1ccccc1)C(=O)NC(Cc1c[nH]c2ccccc12)C(=O)NC(CCC(N)=O)C(=O)NC(CCCN=C(N)N)C(=O)NC(CC(N)=O)C(=O)O. The fraction of sp³-hybridized carbons (Fsp3) is 0.400. The topological polar surface area (TPSA) is 418 Å². The van der Waals surface area contributed by atoms with Crippen molar-refractivity contribution in [1.29, 1.82) is 0 Å². The smallest absolute Gasteiger partial charge is 0.326 e.